The molecule has 20 heavy (non-hydrogen) atoms. The smallest absolute Gasteiger partial charge is 0.328 e. The van der Waals surface area contributed by atoms with E-state index in [1.54, 1.807) is 12.1 Å². The zero-order valence-electron chi connectivity index (χ0n) is 10.8. The molecule has 1 atom stereocenters. The number of nitriles is 1. The number of aliphatic carboxylic acids is 1. The summed E-state index contributed by atoms with van der Waals surface area (Å²) < 4.78 is 4.85. The molecule has 0 aliphatic rings. The van der Waals surface area contributed by atoms with Crippen molar-refractivity contribution in [3.8, 4) is 6.07 Å². The van der Waals surface area contributed by atoms with Crippen molar-refractivity contribution in [3.05, 3.63) is 35.9 Å². The third-order valence-corrected chi connectivity index (χ3v) is 2.79. The minimum atomic E-state index is -1.04. The number of carboxylic acid groups (broad SMARTS) is 1. The van der Waals surface area contributed by atoms with Crippen LogP contribution in [0.25, 0.3) is 10.9 Å². The van der Waals surface area contributed by atoms with Gasteiger partial charge in [-0.15, -0.1) is 0 Å². The minimum Gasteiger partial charge on any atom is -0.480 e. The van der Waals surface area contributed by atoms with Gasteiger partial charge in [-0.1, -0.05) is 18.2 Å². The van der Waals surface area contributed by atoms with E-state index in [4.69, 9.17) is 15.1 Å². The van der Waals surface area contributed by atoms with E-state index in [-0.39, 0.29) is 6.61 Å². The number of aromatic nitrogens is 1. The zero-order valence-corrected chi connectivity index (χ0v) is 10.8. The number of fused-ring (bicyclic) bond motifs is 1. The summed E-state index contributed by atoms with van der Waals surface area (Å²) in [5, 5.41) is 21.7. The summed E-state index contributed by atoms with van der Waals surface area (Å²) in [6.07, 6.45) is 0. The van der Waals surface area contributed by atoms with Gasteiger partial charge in [0.15, 0.2) is 0 Å². The fourth-order valence-corrected chi connectivity index (χ4v) is 1.86. The maximum atomic E-state index is 11.1. The number of anilines is 1. The second-order valence-corrected chi connectivity index (χ2v) is 4.17. The standard InChI is InChI=1S/C14H13N3O3/c1-20-8-12(14(18)19)17-13-6-9(7-15)10-4-2-3-5-11(10)16-13/h2-6,12H,8H2,1H3,(H,16,17)(H,18,19). The summed E-state index contributed by atoms with van der Waals surface area (Å²) in [6.45, 7) is 0.00568. The Labute approximate surface area is 115 Å². The van der Waals surface area contributed by atoms with Crippen LogP contribution in [0.3, 0.4) is 0 Å². The lowest BCUT2D eigenvalue weighted by Gasteiger charge is -2.14. The highest BCUT2D eigenvalue weighted by molar-refractivity contribution is 5.87. The van der Waals surface area contributed by atoms with Crippen molar-refractivity contribution in [3.63, 3.8) is 0 Å². The Balaban J connectivity index is 2.40. The number of ether oxygens (including phenoxy) is 1. The highest BCUT2D eigenvalue weighted by atomic mass is 16.5. The van der Waals surface area contributed by atoms with Crippen LogP contribution < -0.4 is 5.32 Å². The number of para-hydroxylation sites is 1. The SMILES string of the molecule is COCC(Nc1cc(C#N)c2ccccc2n1)C(=O)O. The Kier molecular flexibility index (Phi) is 4.13. The fraction of sp³-hybridized carbons (Fsp3) is 0.214. The minimum absolute atomic E-state index is 0.00568. The molecule has 6 nitrogen and oxygen atoms in total. The zero-order chi connectivity index (χ0) is 14.5. The van der Waals surface area contributed by atoms with Crippen molar-refractivity contribution >= 4 is 22.7 Å². The Morgan fingerprint density at radius 2 is 2.30 bits per heavy atom. The second-order valence-electron chi connectivity index (χ2n) is 4.17. The first kappa shape index (κ1) is 13.8. The molecule has 0 saturated heterocycles. The Hall–Kier alpha value is -2.65. The molecule has 0 saturated carbocycles. The Bertz CT molecular complexity index is 679. The number of benzene rings is 1. The molecular formula is C14H13N3O3. The molecule has 0 aliphatic heterocycles. The van der Waals surface area contributed by atoms with E-state index in [1.807, 2.05) is 12.1 Å². The number of nitrogens with one attached hydrogen (secondary N) is 1. The molecule has 2 rings (SSSR count). The van der Waals surface area contributed by atoms with Gasteiger partial charge in [0.1, 0.15) is 11.9 Å². The van der Waals surface area contributed by atoms with Crippen LogP contribution in [0.15, 0.2) is 30.3 Å². The van der Waals surface area contributed by atoms with E-state index in [2.05, 4.69) is 16.4 Å². The maximum absolute atomic E-state index is 11.1. The number of methoxy groups -OCH3 is 1. The topological polar surface area (TPSA) is 95.2 Å². The molecule has 0 spiro atoms. The van der Waals surface area contributed by atoms with Gasteiger partial charge >= 0.3 is 5.97 Å². The number of hydrogen-bond acceptors (Lipinski definition) is 5. The van der Waals surface area contributed by atoms with Crippen LogP contribution in [0.4, 0.5) is 5.82 Å². The number of carbonyl (C=O) groups is 1. The third kappa shape index (κ3) is 2.84. The summed E-state index contributed by atoms with van der Waals surface area (Å²) in [5.74, 6) is -0.704. The Morgan fingerprint density at radius 3 is 2.95 bits per heavy atom. The van der Waals surface area contributed by atoms with Crippen molar-refractivity contribution < 1.29 is 14.6 Å². The summed E-state index contributed by atoms with van der Waals surface area (Å²) in [5.41, 5.74) is 1.08. The van der Waals surface area contributed by atoms with Crippen molar-refractivity contribution in [2.24, 2.45) is 0 Å². The van der Waals surface area contributed by atoms with Crippen LogP contribution in [-0.2, 0) is 9.53 Å². The van der Waals surface area contributed by atoms with Crippen LogP contribution in [0.1, 0.15) is 5.56 Å². The van der Waals surface area contributed by atoms with E-state index < -0.39 is 12.0 Å². The molecule has 1 unspecified atom stereocenters. The molecule has 0 aliphatic carbocycles. The second kappa shape index (κ2) is 5.99. The van der Waals surface area contributed by atoms with Crippen molar-refractivity contribution in [1.29, 1.82) is 5.26 Å². The number of pyridine rings is 1. The molecule has 1 aromatic heterocycles. The first-order chi connectivity index (χ1) is 9.65. The number of carboxylic acids is 1. The van der Waals surface area contributed by atoms with Gasteiger partial charge in [0.25, 0.3) is 0 Å². The largest absolute Gasteiger partial charge is 0.480 e. The molecule has 0 fully saturated rings. The summed E-state index contributed by atoms with van der Waals surface area (Å²) in [7, 11) is 1.42. The van der Waals surface area contributed by atoms with E-state index in [9.17, 15) is 4.79 Å². The lowest BCUT2D eigenvalue weighted by atomic mass is 10.1. The van der Waals surface area contributed by atoms with Crippen LogP contribution >= 0.6 is 0 Å². The average Bonchev–Trinajstić information content (AvgIpc) is 2.45. The van der Waals surface area contributed by atoms with Crippen molar-refractivity contribution in [2.75, 3.05) is 19.0 Å². The number of nitrogens with zero attached hydrogens (tertiary/aromatic N) is 2. The van der Waals surface area contributed by atoms with Gasteiger partial charge < -0.3 is 15.2 Å². The number of hydrogen-bond donors (Lipinski definition) is 2. The normalized spacial score (nSPS) is 11.8. The third-order valence-electron chi connectivity index (χ3n) is 2.79. The molecule has 0 bridgehead atoms. The molecule has 0 amide bonds. The van der Waals surface area contributed by atoms with Crippen molar-refractivity contribution in [1.82, 2.24) is 4.98 Å². The maximum Gasteiger partial charge on any atom is 0.328 e. The van der Waals surface area contributed by atoms with Crippen LogP contribution in [0, 0.1) is 11.3 Å². The molecule has 1 heterocycles. The van der Waals surface area contributed by atoms with Crippen LogP contribution in [0.2, 0.25) is 0 Å². The lowest BCUT2D eigenvalue weighted by Crippen LogP contribution is -2.33. The van der Waals surface area contributed by atoms with Crippen LogP contribution in [-0.4, -0.2) is 35.8 Å². The predicted octanol–water partition coefficient (Wildman–Crippen LogP) is 1.62. The molecule has 102 valence electrons. The van der Waals surface area contributed by atoms with Crippen LogP contribution in [0.5, 0.6) is 0 Å². The van der Waals surface area contributed by atoms with Gasteiger partial charge in [-0.2, -0.15) is 5.26 Å². The lowest BCUT2D eigenvalue weighted by molar-refractivity contribution is -0.139. The molecule has 0 radical (unpaired) electrons. The van der Waals surface area contributed by atoms with Crippen molar-refractivity contribution in [2.45, 2.75) is 6.04 Å². The van der Waals surface area contributed by atoms with Gasteiger partial charge in [0.2, 0.25) is 0 Å². The molecule has 1 aromatic carbocycles. The molecule has 2 N–H and O–H groups in total. The van der Waals surface area contributed by atoms with E-state index >= 15 is 0 Å². The first-order valence-electron chi connectivity index (χ1n) is 5.94. The highest BCUT2D eigenvalue weighted by Crippen LogP contribution is 2.20. The first-order valence-corrected chi connectivity index (χ1v) is 5.94. The summed E-state index contributed by atoms with van der Waals surface area (Å²) in [4.78, 5) is 15.4. The molecule has 2 aromatic rings. The summed E-state index contributed by atoms with van der Waals surface area (Å²) in [6, 6.07) is 9.91. The quantitative estimate of drug-likeness (QED) is 0.858. The Morgan fingerprint density at radius 1 is 1.55 bits per heavy atom. The van der Waals surface area contributed by atoms with Gasteiger partial charge in [-0.05, 0) is 12.1 Å². The monoisotopic (exact) mass is 271 g/mol. The van der Waals surface area contributed by atoms with Gasteiger partial charge in [0.05, 0.1) is 23.8 Å². The molecule has 6 heteroatoms. The average molecular weight is 271 g/mol. The van der Waals surface area contributed by atoms with E-state index in [1.165, 1.54) is 13.2 Å². The molecular weight excluding hydrogens is 258 g/mol. The fourth-order valence-electron chi connectivity index (χ4n) is 1.86. The summed E-state index contributed by atoms with van der Waals surface area (Å²) >= 11 is 0. The van der Waals surface area contributed by atoms with E-state index in [0.717, 1.165) is 5.39 Å². The van der Waals surface area contributed by atoms with Gasteiger partial charge in [-0.25, -0.2) is 9.78 Å². The number of rotatable bonds is 5. The van der Waals surface area contributed by atoms with Gasteiger partial charge in [-0.3, -0.25) is 0 Å². The highest BCUT2D eigenvalue weighted by Gasteiger charge is 2.18. The predicted molar refractivity (Wildman–Crippen MR) is 73.4 cm³/mol. The van der Waals surface area contributed by atoms with Gasteiger partial charge in [0, 0.05) is 12.5 Å². The van der Waals surface area contributed by atoms with E-state index in [0.29, 0.717) is 16.9 Å².